The zero-order valence-electron chi connectivity index (χ0n) is 18.4. The summed E-state index contributed by atoms with van der Waals surface area (Å²) in [6.45, 7) is 8.84. The van der Waals surface area contributed by atoms with Crippen LogP contribution in [-0.2, 0) is 17.9 Å². The molecule has 5 rings (SSSR count). The van der Waals surface area contributed by atoms with Gasteiger partial charge in [-0.2, -0.15) is 0 Å². The molecule has 1 aromatic heterocycles. The third-order valence-corrected chi connectivity index (χ3v) is 7.65. The topological polar surface area (TPSA) is 59.8 Å². The lowest BCUT2D eigenvalue weighted by Crippen LogP contribution is -2.54. The quantitative estimate of drug-likeness (QED) is 0.806. The molecule has 7 heteroatoms. The predicted octanol–water partition coefficient (Wildman–Crippen LogP) is 3.55. The summed E-state index contributed by atoms with van der Waals surface area (Å²) in [5.74, 6) is 1.44. The molecule has 31 heavy (non-hydrogen) atoms. The van der Waals surface area contributed by atoms with Crippen LogP contribution in [-0.4, -0.2) is 51.4 Å². The number of aliphatic hydroxyl groups excluding tert-OH is 1. The van der Waals surface area contributed by atoms with E-state index in [1.165, 1.54) is 6.07 Å². The van der Waals surface area contributed by atoms with Crippen molar-refractivity contribution in [2.24, 2.45) is 11.3 Å². The fraction of sp³-hybridized carbons (Fsp3) is 0.625. The molecule has 0 saturated carbocycles. The van der Waals surface area contributed by atoms with Crippen molar-refractivity contribution in [1.29, 1.82) is 0 Å². The monoisotopic (exact) mass is 429 g/mol. The van der Waals surface area contributed by atoms with E-state index in [1.54, 1.807) is 18.3 Å². The number of aromatic nitrogens is 2. The van der Waals surface area contributed by atoms with Gasteiger partial charge in [-0.25, -0.2) is 9.37 Å². The molecule has 2 atom stereocenters. The van der Waals surface area contributed by atoms with Gasteiger partial charge in [0.15, 0.2) is 0 Å². The first-order chi connectivity index (χ1) is 14.9. The van der Waals surface area contributed by atoms with E-state index in [9.17, 15) is 9.50 Å². The van der Waals surface area contributed by atoms with Gasteiger partial charge >= 0.3 is 0 Å². The molecule has 168 valence electrons. The van der Waals surface area contributed by atoms with Crippen molar-refractivity contribution in [2.75, 3.05) is 26.2 Å². The number of halogens is 1. The Morgan fingerprint density at radius 1 is 1.23 bits per heavy atom. The minimum Gasteiger partial charge on any atom is -0.487 e. The highest BCUT2D eigenvalue weighted by molar-refractivity contribution is 5.39. The second-order valence-corrected chi connectivity index (χ2v) is 9.97. The molecule has 0 aliphatic carbocycles. The van der Waals surface area contributed by atoms with E-state index in [0.29, 0.717) is 0 Å². The van der Waals surface area contributed by atoms with Crippen LogP contribution in [0.5, 0.6) is 5.75 Å². The van der Waals surface area contributed by atoms with Crippen LogP contribution in [0.2, 0.25) is 0 Å². The van der Waals surface area contributed by atoms with Crippen molar-refractivity contribution in [2.45, 2.75) is 58.0 Å². The maximum Gasteiger partial charge on any atom is 0.134 e. The van der Waals surface area contributed by atoms with E-state index < -0.39 is 0 Å². The number of fused-ring (bicyclic) bond motifs is 3. The van der Waals surface area contributed by atoms with Gasteiger partial charge in [-0.3, -0.25) is 0 Å². The van der Waals surface area contributed by atoms with Gasteiger partial charge in [0.2, 0.25) is 0 Å². The Hall–Kier alpha value is -1.96. The van der Waals surface area contributed by atoms with Crippen LogP contribution in [0.3, 0.4) is 0 Å². The van der Waals surface area contributed by atoms with Crippen LogP contribution in [0, 0.1) is 17.2 Å². The Morgan fingerprint density at radius 3 is 2.81 bits per heavy atom. The third kappa shape index (κ3) is 3.88. The van der Waals surface area contributed by atoms with Gasteiger partial charge in [-0.15, -0.1) is 0 Å². The third-order valence-electron chi connectivity index (χ3n) is 7.65. The highest BCUT2D eigenvalue weighted by Gasteiger charge is 2.52. The molecule has 3 aliphatic heterocycles. The number of nitrogens with zero attached hydrogens (tertiary/aromatic N) is 3. The number of hydrogen-bond donors (Lipinski definition) is 1. The zero-order valence-corrected chi connectivity index (χ0v) is 18.4. The van der Waals surface area contributed by atoms with Gasteiger partial charge in [-0.05, 0) is 69.8 Å². The Balaban J connectivity index is 1.24. The summed E-state index contributed by atoms with van der Waals surface area (Å²) in [5.41, 5.74) is 0.674. The molecule has 6 nitrogen and oxygen atoms in total. The van der Waals surface area contributed by atoms with Gasteiger partial charge in [0.05, 0.1) is 12.7 Å². The van der Waals surface area contributed by atoms with Crippen LogP contribution in [0.25, 0.3) is 0 Å². The smallest absolute Gasteiger partial charge is 0.134 e. The van der Waals surface area contributed by atoms with Gasteiger partial charge < -0.3 is 24.0 Å². The molecule has 3 aliphatic rings. The van der Waals surface area contributed by atoms with Gasteiger partial charge in [-0.1, -0.05) is 0 Å². The van der Waals surface area contributed by atoms with E-state index in [4.69, 9.17) is 9.47 Å². The first kappa shape index (κ1) is 20.9. The van der Waals surface area contributed by atoms with Crippen LogP contribution in [0.1, 0.15) is 50.6 Å². The molecule has 0 unspecified atom stereocenters. The first-order valence-electron chi connectivity index (χ1n) is 11.3. The normalized spacial score (nSPS) is 26.8. The van der Waals surface area contributed by atoms with E-state index >= 15 is 0 Å². The van der Waals surface area contributed by atoms with Gasteiger partial charge in [0.1, 0.15) is 29.6 Å². The van der Waals surface area contributed by atoms with E-state index in [-0.39, 0.29) is 35.5 Å². The van der Waals surface area contributed by atoms with E-state index in [0.717, 1.165) is 69.2 Å². The van der Waals surface area contributed by atoms with Crippen molar-refractivity contribution in [3.63, 3.8) is 0 Å². The number of piperidine rings is 1. The second kappa shape index (κ2) is 7.87. The molecule has 4 heterocycles. The summed E-state index contributed by atoms with van der Waals surface area (Å²) in [7, 11) is 0. The largest absolute Gasteiger partial charge is 0.487 e. The SMILES string of the molecule is CC1(C)Oc2ccc(F)cc2[C@H]2OCC3(CCN(CCn4ccnc4CO)CC3)C[C@@H]21. The lowest BCUT2D eigenvalue weighted by molar-refractivity contribution is -0.174. The Bertz CT molecular complexity index is 936. The highest BCUT2D eigenvalue weighted by atomic mass is 19.1. The fourth-order valence-electron chi connectivity index (χ4n) is 5.67. The molecule has 0 amide bonds. The Morgan fingerprint density at radius 2 is 2.03 bits per heavy atom. The molecule has 2 aromatic rings. The molecule has 1 spiro atoms. The fourth-order valence-corrected chi connectivity index (χ4v) is 5.67. The maximum atomic E-state index is 13.9. The minimum atomic E-state index is -0.345. The van der Waals surface area contributed by atoms with Crippen molar-refractivity contribution >= 4 is 0 Å². The van der Waals surface area contributed by atoms with Crippen molar-refractivity contribution < 1.29 is 19.0 Å². The molecule has 2 saturated heterocycles. The van der Waals surface area contributed by atoms with Crippen LogP contribution in [0.15, 0.2) is 30.6 Å². The standard InChI is InChI=1S/C24H32FN3O3/c1-23(2)19-14-24(16-30-22(19)18-13-17(25)3-4-20(18)31-23)5-8-27(9-6-24)11-12-28-10-7-26-21(28)15-29/h3-4,7,10,13,19,22,29H,5-6,8-9,11-12,14-16H2,1-2H3/t19-,22+/m0/s1. The molecule has 0 bridgehead atoms. The summed E-state index contributed by atoms with van der Waals surface area (Å²) in [6, 6.07) is 4.78. The van der Waals surface area contributed by atoms with Crippen molar-refractivity contribution in [1.82, 2.24) is 14.5 Å². The van der Waals surface area contributed by atoms with Crippen molar-refractivity contribution in [3.05, 3.63) is 47.8 Å². The number of aliphatic hydroxyl groups is 1. The van der Waals surface area contributed by atoms with Gasteiger partial charge in [0.25, 0.3) is 0 Å². The summed E-state index contributed by atoms with van der Waals surface area (Å²) in [5, 5.41) is 9.38. The zero-order chi connectivity index (χ0) is 21.6. The van der Waals surface area contributed by atoms with E-state index in [2.05, 4.69) is 23.7 Å². The van der Waals surface area contributed by atoms with Gasteiger partial charge in [0, 0.05) is 37.0 Å². The lowest BCUT2D eigenvalue weighted by Gasteiger charge is -2.54. The number of ether oxygens (including phenoxy) is 2. The number of likely N-dealkylation sites (tertiary alicyclic amines) is 1. The molecule has 2 fully saturated rings. The number of benzene rings is 1. The molecular weight excluding hydrogens is 397 g/mol. The summed E-state index contributed by atoms with van der Waals surface area (Å²) < 4.78 is 28.7. The molecule has 1 aromatic carbocycles. The van der Waals surface area contributed by atoms with E-state index in [1.807, 2.05) is 10.8 Å². The minimum absolute atomic E-state index is 0.0269. The summed E-state index contributed by atoms with van der Waals surface area (Å²) in [6.07, 6.45) is 6.81. The Labute approximate surface area is 183 Å². The number of rotatable bonds is 4. The predicted molar refractivity (Wildman–Crippen MR) is 114 cm³/mol. The van der Waals surface area contributed by atoms with Crippen LogP contribution < -0.4 is 4.74 Å². The first-order valence-corrected chi connectivity index (χ1v) is 11.3. The average molecular weight is 430 g/mol. The maximum absolute atomic E-state index is 13.9. The number of imidazole rings is 1. The molecule has 0 radical (unpaired) electrons. The summed E-state index contributed by atoms with van der Waals surface area (Å²) in [4.78, 5) is 6.67. The molecule has 1 N–H and O–H groups in total. The highest BCUT2D eigenvalue weighted by Crippen LogP contribution is 2.55. The average Bonchev–Trinajstić information content (AvgIpc) is 3.22. The number of hydrogen-bond acceptors (Lipinski definition) is 5. The van der Waals surface area contributed by atoms with Crippen LogP contribution >= 0.6 is 0 Å². The Kier molecular flexibility index (Phi) is 5.31. The van der Waals surface area contributed by atoms with Crippen molar-refractivity contribution in [3.8, 4) is 5.75 Å². The van der Waals surface area contributed by atoms with Crippen LogP contribution in [0.4, 0.5) is 4.39 Å². The second-order valence-electron chi connectivity index (χ2n) is 9.97. The summed E-state index contributed by atoms with van der Waals surface area (Å²) >= 11 is 0. The lowest BCUT2D eigenvalue weighted by atomic mass is 9.64. The molecular formula is C24H32FN3O3.